The highest BCUT2D eigenvalue weighted by molar-refractivity contribution is 7.10. The molecule has 134 valence electrons. The summed E-state index contributed by atoms with van der Waals surface area (Å²) in [6.07, 6.45) is 6.03. The van der Waals surface area contributed by atoms with Crippen LogP contribution in [0.3, 0.4) is 0 Å². The third kappa shape index (κ3) is 3.60. The van der Waals surface area contributed by atoms with Gasteiger partial charge in [-0.15, -0.1) is 5.10 Å². The molecule has 0 saturated heterocycles. The molecule has 4 rings (SSSR count). The van der Waals surface area contributed by atoms with Gasteiger partial charge in [-0.2, -0.15) is 0 Å². The summed E-state index contributed by atoms with van der Waals surface area (Å²) in [4.78, 5) is 16.6. The number of carbonyl (C=O) groups excluding carboxylic acids is 1. The van der Waals surface area contributed by atoms with Crippen molar-refractivity contribution in [1.29, 1.82) is 0 Å². The van der Waals surface area contributed by atoms with Crippen molar-refractivity contribution in [3.8, 4) is 11.3 Å². The Morgan fingerprint density at radius 1 is 1.31 bits per heavy atom. The van der Waals surface area contributed by atoms with E-state index in [1.165, 1.54) is 11.5 Å². The minimum Gasteiger partial charge on any atom is -0.337 e. The number of nitrogens with zero attached hydrogens (tertiary/aromatic N) is 4. The lowest BCUT2D eigenvalue weighted by atomic mass is 10.1. The standard InChI is InChI=1S/C18H20N6OS/c1-13-19-9-10-24(13)12-18(7-8-18)11-20-17(25)21-16-15(22-23-26-16)14-5-3-2-4-6-14/h2-6,9-10H,7-8,11-12H2,1H3,(H2,20,21,25). The monoisotopic (exact) mass is 368 g/mol. The van der Waals surface area contributed by atoms with E-state index in [0.29, 0.717) is 17.2 Å². The van der Waals surface area contributed by atoms with Crippen LogP contribution in [-0.4, -0.2) is 31.7 Å². The van der Waals surface area contributed by atoms with Crippen LogP contribution in [0.5, 0.6) is 0 Å². The van der Waals surface area contributed by atoms with Crippen molar-refractivity contribution >= 4 is 22.6 Å². The van der Waals surface area contributed by atoms with Crippen LogP contribution in [0.4, 0.5) is 9.80 Å². The van der Waals surface area contributed by atoms with E-state index >= 15 is 0 Å². The molecule has 1 aliphatic rings. The molecule has 2 heterocycles. The lowest BCUT2D eigenvalue weighted by Crippen LogP contribution is -2.35. The second kappa shape index (κ2) is 6.87. The van der Waals surface area contributed by atoms with Crippen molar-refractivity contribution in [2.45, 2.75) is 26.3 Å². The maximum atomic E-state index is 12.3. The maximum Gasteiger partial charge on any atom is 0.319 e. The molecule has 1 aliphatic carbocycles. The summed E-state index contributed by atoms with van der Waals surface area (Å²) in [7, 11) is 0. The number of imidazole rings is 1. The first-order chi connectivity index (χ1) is 12.7. The number of aryl methyl sites for hydroxylation is 1. The highest BCUT2D eigenvalue weighted by Crippen LogP contribution is 2.46. The van der Waals surface area contributed by atoms with E-state index in [1.54, 1.807) is 0 Å². The van der Waals surface area contributed by atoms with Crippen LogP contribution in [0.15, 0.2) is 42.7 Å². The van der Waals surface area contributed by atoms with Gasteiger partial charge in [-0.25, -0.2) is 9.78 Å². The molecule has 1 aromatic carbocycles. The van der Waals surface area contributed by atoms with Gasteiger partial charge >= 0.3 is 6.03 Å². The first kappa shape index (κ1) is 16.7. The normalized spacial score (nSPS) is 14.8. The Morgan fingerprint density at radius 3 is 2.81 bits per heavy atom. The molecule has 0 aliphatic heterocycles. The van der Waals surface area contributed by atoms with Crippen molar-refractivity contribution < 1.29 is 4.79 Å². The number of amides is 2. The Hall–Kier alpha value is -2.74. The van der Waals surface area contributed by atoms with Gasteiger partial charge in [0.05, 0.1) is 0 Å². The van der Waals surface area contributed by atoms with Crippen LogP contribution in [0.2, 0.25) is 0 Å². The SMILES string of the molecule is Cc1nccn1CC1(CNC(=O)Nc2snnc2-c2ccccc2)CC1. The van der Waals surface area contributed by atoms with Crippen molar-refractivity contribution in [1.82, 2.24) is 24.5 Å². The lowest BCUT2D eigenvalue weighted by Gasteiger charge is -2.17. The zero-order valence-corrected chi connectivity index (χ0v) is 15.3. The molecule has 2 N–H and O–H groups in total. The summed E-state index contributed by atoms with van der Waals surface area (Å²) in [5.74, 6) is 1.00. The van der Waals surface area contributed by atoms with Gasteiger partial charge in [-0.3, -0.25) is 5.32 Å². The Balaban J connectivity index is 1.35. The fourth-order valence-electron chi connectivity index (χ4n) is 2.97. The summed E-state index contributed by atoms with van der Waals surface area (Å²) < 4.78 is 6.12. The van der Waals surface area contributed by atoms with E-state index in [9.17, 15) is 4.79 Å². The quantitative estimate of drug-likeness (QED) is 0.699. The van der Waals surface area contributed by atoms with Crippen LogP contribution >= 0.6 is 11.5 Å². The van der Waals surface area contributed by atoms with Gasteiger partial charge in [-0.1, -0.05) is 34.8 Å². The predicted octanol–water partition coefficient (Wildman–Crippen LogP) is 3.31. The van der Waals surface area contributed by atoms with Crippen LogP contribution in [-0.2, 0) is 6.54 Å². The van der Waals surface area contributed by atoms with Crippen LogP contribution in [0.25, 0.3) is 11.3 Å². The van der Waals surface area contributed by atoms with Crippen LogP contribution in [0, 0.1) is 12.3 Å². The molecule has 2 amide bonds. The van der Waals surface area contributed by atoms with E-state index in [1.807, 2.05) is 49.6 Å². The molecular formula is C18H20N6OS. The number of urea groups is 1. The Morgan fingerprint density at radius 2 is 2.12 bits per heavy atom. The number of nitrogens with one attached hydrogen (secondary N) is 2. The highest BCUT2D eigenvalue weighted by atomic mass is 32.1. The zero-order chi connectivity index (χ0) is 18.0. The fraction of sp³-hybridized carbons (Fsp3) is 0.333. The molecular weight excluding hydrogens is 348 g/mol. The number of hydrogen-bond donors (Lipinski definition) is 2. The molecule has 3 aromatic rings. The predicted molar refractivity (Wildman–Crippen MR) is 101 cm³/mol. The number of aromatic nitrogens is 4. The summed E-state index contributed by atoms with van der Waals surface area (Å²) in [5, 5.41) is 10.7. The van der Waals surface area contributed by atoms with Gasteiger partial charge in [0.25, 0.3) is 0 Å². The fourth-order valence-corrected chi connectivity index (χ4v) is 3.56. The molecule has 0 radical (unpaired) electrons. The van der Waals surface area contributed by atoms with E-state index in [4.69, 9.17) is 0 Å². The van der Waals surface area contributed by atoms with Gasteiger partial charge in [-0.05, 0) is 19.8 Å². The van der Waals surface area contributed by atoms with Crippen LogP contribution in [0.1, 0.15) is 18.7 Å². The topological polar surface area (TPSA) is 84.7 Å². The zero-order valence-electron chi connectivity index (χ0n) is 14.5. The molecule has 0 spiro atoms. The number of benzene rings is 1. The average Bonchev–Trinajstić information content (AvgIpc) is 3.06. The largest absolute Gasteiger partial charge is 0.337 e. The van der Waals surface area contributed by atoms with Gasteiger partial charge in [0.15, 0.2) is 0 Å². The lowest BCUT2D eigenvalue weighted by molar-refractivity contribution is 0.248. The van der Waals surface area contributed by atoms with Gasteiger partial charge < -0.3 is 9.88 Å². The second-order valence-electron chi connectivity index (χ2n) is 6.73. The van der Waals surface area contributed by atoms with Gasteiger partial charge in [0, 0.05) is 48.0 Å². The third-order valence-corrected chi connectivity index (χ3v) is 5.41. The smallest absolute Gasteiger partial charge is 0.319 e. The van der Waals surface area contributed by atoms with Gasteiger partial charge in [0.1, 0.15) is 16.5 Å². The number of anilines is 1. The maximum absolute atomic E-state index is 12.3. The summed E-state index contributed by atoms with van der Waals surface area (Å²) in [6, 6.07) is 9.50. The number of hydrogen-bond acceptors (Lipinski definition) is 5. The van der Waals surface area contributed by atoms with Crippen molar-refractivity contribution in [2.75, 3.05) is 11.9 Å². The molecule has 26 heavy (non-hydrogen) atoms. The molecule has 0 atom stereocenters. The van der Waals surface area contributed by atoms with Crippen LogP contribution < -0.4 is 10.6 Å². The molecule has 2 aromatic heterocycles. The number of rotatable bonds is 6. The van der Waals surface area contributed by atoms with E-state index < -0.39 is 0 Å². The van der Waals surface area contributed by atoms with E-state index in [0.717, 1.165) is 30.8 Å². The molecule has 7 nitrogen and oxygen atoms in total. The van der Waals surface area contributed by atoms with E-state index in [2.05, 4.69) is 29.8 Å². The summed E-state index contributed by atoms with van der Waals surface area (Å²) in [5.41, 5.74) is 1.77. The molecule has 1 saturated carbocycles. The first-order valence-electron chi connectivity index (χ1n) is 8.56. The highest BCUT2D eigenvalue weighted by Gasteiger charge is 2.43. The number of carbonyl (C=O) groups is 1. The second-order valence-corrected chi connectivity index (χ2v) is 7.48. The molecule has 8 heteroatoms. The average molecular weight is 368 g/mol. The molecule has 0 bridgehead atoms. The van der Waals surface area contributed by atoms with Crippen molar-refractivity contribution in [3.63, 3.8) is 0 Å². The van der Waals surface area contributed by atoms with Gasteiger partial charge in [0.2, 0.25) is 0 Å². The van der Waals surface area contributed by atoms with E-state index in [-0.39, 0.29) is 11.4 Å². The third-order valence-electron chi connectivity index (χ3n) is 4.77. The van der Waals surface area contributed by atoms with Crippen molar-refractivity contribution in [3.05, 3.63) is 48.5 Å². The Kier molecular flexibility index (Phi) is 4.42. The molecule has 0 unspecified atom stereocenters. The summed E-state index contributed by atoms with van der Waals surface area (Å²) in [6.45, 7) is 3.53. The minimum atomic E-state index is -0.221. The first-order valence-corrected chi connectivity index (χ1v) is 9.33. The van der Waals surface area contributed by atoms with Crippen molar-refractivity contribution in [2.24, 2.45) is 5.41 Å². The minimum absolute atomic E-state index is 0.136. The Labute approximate surface area is 155 Å². The summed E-state index contributed by atoms with van der Waals surface area (Å²) >= 11 is 1.18. The Bertz CT molecular complexity index is 899. The molecule has 1 fully saturated rings.